The quantitative estimate of drug-likeness (QED) is 0.903. The Morgan fingerprint density at radius 2 is 2.20 bits per heavy atom. The molecule has 1 amide bonds. The van der Waals surface area contributed by atoms with E-state index in [-0.39, 0.29) is 12.1 Å². The van der Waals surface area contributed by atoms with E-state index >= 15 is 0 Å². The average molecular weight is 348 g/mol. The molecule has 1 fully saturated rings. The zero-order chi connectivity index (χ0) is 18.0. The number of fused-ring (bicyclic) bond motifs is 1. The minimum absolute atomic E-state index is 0.0354. The number of carbonyl (C=O) groups excluding carboxylic acids is 1. The summed E-state index contributed by atoms with van der Waals surface area (Å²) in [6.07, 6.45) is 2.56. The summed E-state index contributed by atoms with van der Waals surface area (Å²) in [5.74, 6) is 0.982. The number of nitrogens with one attached hydrogen (secondary N) is 1. The van der Waals surface area contributed by atoms with Crippen molar-refractivity contribution in [1.82, 2.24) is 9.88 Å². The highest BCUT2D eigenvalue weighted by molar-refractivity contribution is 5.70. The van der Waals surface area contributed by atoms with Crippen LogP contribution in [0, 0.1) is 0 Å². The molecule has 1 N–H and O–H groups in total. The summed E-state index contributed by atoms with van der Waals surface area (Å²) in [5.41, 5.74) is 1.98. The fourth-order valence-electron chi connectivity index (χ4n) is 3.45. The molecule has 1 atom stereocenters. The lowest BCUT2D eigenvalue weighted by atomic mass is 10.1. The van der Waals surface area contributed by atoms with Crippen LogP contribution in [0.4, 0.5) is 16.3 Å². The van der Waals surface area contributed by atoms with Crippen LogP contribution in [-0.4, -0.2) is 67.5 Å². The second kappa shape index (κ2) is 7.07. The third-order valence-electron chi connectivity index (χ3n) is 4.51. The van der Waals surface area contributed by atoms with Crippen LogP contribution in [0.1, 0.15) is 26.3 Å². The Kier molecular flexibility index (Phi) is 5.03. The number of aromatic nitrogens is 1. The topological polar surface area (TPSA) is 66.9 Å². The summed E-state index contributed by atoms with van der Waals surface area (Å²) in [6, 6.07) is 2.03. The minimum Gasteiger partial charge on any atom is -0.444 e. The van der Waals surface area contributed by atoms with Crippen LogP contribution in [0.15, 0.2) is 12.3 Å². The molecule has 2 aliphatic heterocycles. The van der Waals surface area contributed by atoms with Gasteiger partial charge in [-0.15, -0.1) is 0 Å². The number of amides is 1. The predicted molar refractivity (Wildman–Crippen MR) is 97.2 cm³/mol. The Morgan fingerprint density at radius 3 is 2.92 bits per heavy atom. The van der Waals surface area contributed by atoms with Gasteiger partial charge >= 0.3 is 6.09 Å². The minimum atomic E-state index is -0.497. The monoisotopic (exact) mass is 348 g/mol. The number of hydrogen-bond acceptors (Lipinski definition) is 6. The lowest BCUT2D eigenvalue weighted by Gasteiger charge is -2.42. The molecular formula is C18H28N4O3. The highest BCUT2D eigenvalue weighted by Gasteiger charge is 2.34. The summed E-state index contributed by atoms with van der Waals surface area (Å²) in [7, 11) is 1.67. The second-order valence-electron chi connectivity index (χ2n) is 7.56. The van der Waals surface area contributed by atoms with Crippen LogP contribution < -0.4 is 10.2 Å². The van der Waals surface area contributed by atoms with E-state index in [2.05, 4.69) is 21.3 Å². The van der Waals surface area contributed by atoms with E-state index in [1.807, 2.05) is 27.0 Å². The highest BCUT2D eigenvalue weighted by Crippen LogP contribution is 2.31. The lowest BCUT2D eigenvalue weighted by molar-refractivity contribution is 0.00343. The largest absolute Gasteiger partial charge is 0.444 e. The molecule has 0 spiro atoms. The van der Waals surface area contributed by atoms with Gasteiger partial charge in [0.2, 0.25) is 0 Å². The molecule has 0 radical (unpaired) electrons. The molecule has 1 saturated heterocycles. The highest BCUT2D eigenvalue weighted by atomic mass is 16.6. The summed E-state index contributed by atoms with van der Waals surface area (Å²) in [6.45, 7) is 9.20. The normalized spacial score (nSPS) is 20.2. The fourth-order valence-corrected chi connectivity index (χ4v) is 3.45. The average Bonchev–Trinajstić information content (AvgIpc) is 3.02. The molecule has 0 aliphatic carbocycles. The molecule has 25 heavy (non-hydrogen) atoms. The number of rotatable bonds is 3. The molecule has 3 heterocycles. The lowest BCUT2D eigenvalue weighted by Crippen LogP contribution is -2.58. The maximum Gasteiger partial charge on any atom is 0.410 e. The van der Waals surface area contributed by atoms with E-state index in [9.17, 15) is 4.79 Å². The van der Waals surface area contributed by atoms with Gasteiger partial charge < -0.3 is 19.7 Å². The van der Waals surface area contributed by atoms with Crippen LogP contribution in [0.2, 0.25) is 0 Å². The zero-order valence-electron chi connectivity index (χ0n) is 15.5. The fraction of sp³-hybridized carbons (Fsp3) is 0.667. The van der Waals surface area contributed by atoms with Crippen molar-refractivity contribution in [3.63, 3.8) is 0 Å². The van der Waals surface area contributed by atoms with E-state index in [4.69, 9.17) is 9.47 Å². The maximum atomic E-state index is 12.5. The van der Waals surface area contributed by atoms with Crippen molar-refractivity contribution in [3.05, 3.63) is 17.8 Å². The molecule has 0 aromatic carbocycles. The molecule has 0 bridgehead atoms. The molecule has 1 aromatic heterocycles. The van der Waals surface area contributed by atoms with Crippen LogP contribution in [-0.2, 0) is 15.9 Å². The van der Waals surface area contributed by atoms with Crippen LogP contribution in [0.5, 0.6) is 0 Å². The first-order valence-electron chi connectivity index (χ1n) is 8.84. The van der Waals surface area contributed by atoms with Crippen LogP contribution >= 0.6 is 0 Å². The second-order valence-corrected chi connectivity index (χ2v) is 7.56. The summed E-state index contributed by atoms with van der Waals surface area (Å²) in [5, 5.41) is 3.32. The van der Waals surface area contributed by atoms with Crippen molar-refractivity contribution in [2.24, 2.45) is 0 Å². The van der Waals surface area contributed by atoms with Crippen molar-refractivity contribution in [2.75, 3.05) is 50.1 Å². The third-order valence-corrected chi connectivity index (χ3v) is 4.51. The van der Waals surface area contributed by atoms with Gasteiger partial charge in [-0.05, 0) is 33.3 Å². The van der Waals surface area contributed by atoms with Crippen LogP contribution in [0.25, 0.3) is 0 Å². The SMILES string of the molecule is COC[C@H]1CN(c2ccnc3c2CCN3)CCN1C(=O)OC(C)(C)C. The van der Waals surface area contributed by atoms with Gasteiger partial charge in [0.1, 0.15) is 11.4 Å². The Bertz CT molecular complexity index is 629. The van der Waals surface area contributed by atoms with Crippen molar-refractivity contribution in [1.29, 1.82) is 0 Å². The van der Waals surface area contributed by atoms with E-state index in [1.54, 1.807) is 12.0 Å². The predicted octanol–water partition coefficient (Wildman–Crippen LogP) is 2.12. The van der Waals surface area contributed by atoms with Gasteiger partial charge in [0.15, 0.2) is 0 Å². The van der Waals surface area contributed by atoms with Gasteiger partial charge in [-0.2, -0.15) is 0 Å². The first-order valence-corrected chi connectivity index (χ1v) is 8.84. The number of ether oxygens (including phenoxy) is 2. The molecule has 2 aliphatic rings. The van der Waals surface area contributed by atoms with E-state index < -0.39 is 5.60 Å². The molecule has 7 nitrogen and oxygen atoms in total. The number of carbonyl (C=O) groups is 1. The van der Waals surface area contributed by atoms with Crippen molar-refractivity contribution in [3.8, 4) is 0 Å². The van der Waals surface area contributed by atoms with Gasteiger partial charge in [0.05, 0.1) is 12.6 Å². The van der Waals surface area contributed by atoms with Gasteiger partial charge in [0, 0.05) is 50.7 Å². The van der Waals surface area contributed by atoms with E-state index in [0.29, 0.717) is 13.2 Å². The summed E-state index contributed by atoms with van der Waals surface area (Å²) in [4.78, 5) is 21.1. The number of nitrogens with zero attached hydrogens (tertiary/aromatic N) is 3. The standard InChI is InChI=1S/C18H28N4O3/c1-18(2,3)25-17(23)22-10-9-21(11-13(22)12-24-4)15-6-8-20-16-14(15)5-7-19-16/h6,8,13H,5,7,9-12H2,1-4H3,(H,19,20)/t13-/m1/s1. The van der Waals surface area contributed by atoms with Crippen molar-refractivity contribution >= 4 is 17.6 Å². The summed E-state index contributed by atoms with van der Waals surface area (Å²) >= 11 is 0. The first-order chi connectivity index (χ1) is 11.9. The molecule has 3 rings (SSSR count). The Morgan fingerprint density at radius 1 is 1.40 bits per heavy atom. The molecule has 7 heteroatoms. The van der Waals surface area contributed by atoms with Gasteiger partial charge in [-0.3, -0.25) is 4.90 Å². The van der Waals surface area contributed by atoms with Crippen molar-refractivity contribution < 1.29 is 14.3 Å². The number of methoxy groups -OCH3 is 1. The summed E-state index contributed by atoms with van der Waals surface area (Å²) < 4.78 is 10.9. The number of piperazine rings is 1. The first kappa shape index (κ1) is 17.8. The van der Waals surface area contributed by atoms with Gasteiger partial charge in [-0.1, -0.05) is 0 Å². The number of anilines is 2. The van der Waals surface area contributed by atoms with Crippen LogP contribution in [0.3, 0.4) is 0 Å². The molecular weight excluding hydrogens is 320 g/mol. The van der Waals surface area contributed by atoms with Gasteiger partial charge in [0.25, 0.3) is 0 Å². The number of pyridine rings is 1. The van der Waals surface area contributed by atoms with Crippen molar-refractivity contribution in [2.45, 2.75) is 38.8 Å². The van der Waals surface area contributed by atoms with E-state index in [0.717, 1.165) is 31.9 Å². The smallest absolute Gasteiger partial charge is 0.410 e. The van der Waals surface area contributed by atoms with E-state index in [1.165, 1.54) is 11.3 Å². The number of hydrogen-bond donors (Lipinski definition) is 1. The molecule has 0 unspecified atom stereocenters. The Hall–Kier alpha value is -2.02. The molecule has 1 aromatic rings. The van der Waals surface area contributed by atoms with Gasteiger partial charge in [-0.25, -0.2) is 9.78 Å². The zero-order valence-corrected chi connectivity index (χ0v) is 15.5. The Balaban J connectivity index is 1.75. The third kappa shape index (κ3) is 3.98. The molecule has 138 valence electrons. The Labute approximate surface area is 149 Å². The molecule has 0 saturated carbocycles. The maximum absolute atomic E-state index is 12.5.